The van der Waals surface area contributed by atoms with Crippen molar-refractivity contribution < 1.29 is 9.90 Å². The third-order valence-electron chi connectivity index (χ3n) is 3.45. The molecule has 2 nitrogen and oxygen atoms in total. The average Bonchev–Trinajstić information content (AvgIpc) is 2.18. The van der Waals surface area contributed by atoms with Crippen molar-refractivity contribution in [2.45, 2.75) is 70.6 Å². The van der Waals surface area contributed by atoms with Crippen molar-refractivity contribution in [3.8, 4) is 0 Å². The van der Waals surface area contributed by atoms with Crippen molar-refractivity contribution in [2.75, 3.05) is 0 Å². The second-order valence-electron chi connectivity index (χ2n) is 4.79. The summed E-state index contributed by atoms with van der Waals surface area (Å²) >= 11 is 0. The molecule has 90 valence electrons. The first-order valence-corrected chi connectivity index (χ1v) is 6.53. The summed E-state index contributed by atoms with van der Waals surface area (Å²) in [5.41, 5.74) is 0. The molecule has 0 aromatic rings. The topological polar surface area (TPSA) is 37.3 Å². The molecule has 0 amide bonds. The Morgan fingerprint density at radius 1 is 0.750 bits per heavy atom. The van der Waals surface area contributed by atoms with E-state index in [4.69, 9.17) is 5.11 Å². The van der Waals surface area contributed by atoms with Crippen LogP contribution in [0.25, 0.3) is 0 Å². The molecule has 0 heterocycles. The van der Waals surface area contributed by atoms with Crippen molar-refractivity contribution in [3.63, 3.8) is 0 Å². The van der Waals surface area contributed by atoms with Gasteiger partial charge in [0.05, 0.1) is 5.92 Å². The number of hydrogen-bond donors (Lipinski definition) is 1. The molecular formula is C13H25LiO2. The first-order chi connectivity index (χ1) is 7.30. The Balaban J connectivity index is 0.00000225. The van der Waals surface area contributed by atoms with Crippen LogP contribution < -0.4 is 0 Å². The van der Waals surface area contributed by atoms with Gasteiger partial charge in [-0.3, -0.25) is 4.79 Å². The van der Waals surface area contributed by atoms with Crippen molar-refractivity contribution in [1.82, 2.24) is 0 Å². The predicted octanol–water partition coefficient (Wildman–Crippen LogP) is 3.34. The molecule has 0 aliphatic heterocycles. The molecule has 0 aromatic carbocycles. The van der Waals surface area contributed by atoms with Crippen molar-refractivity contribution >= 4 is 24.8 Å². The van der Waals surface area contributed by atoms with Crippen LogP contribution in [0.1, 0.15) is 70.6 Å². The normalized spacial score (nSPS) is 21.2. The van der Waals surface area contributed by atoms with Crippen LogP contribution in [0.4, 0.5) is 0 Å². The van der Waals surface area contributed by atoms with Gasteiger partial charge in [-0.25, -0.2) is 0 Å². The van der Waals surface area contributed by atoms with Crippen molar-refractivity contribution in [1.29, 1.82) is 0 Å². The van der Waals surface area contributed by atoms with E-state index in [9.17, 15) is 4.79 Å². The summed E-state index contributed by atoms with van der Waals surface area (Å²) in [6.07, 6.45) is 13.1. The fourth-order valence-electron chi connectivity index (χ4n) is 2.41. The van der Waals surface area contributed by atoms with E-state index >= 15 is 0 Å². The molecule has 0 atom stereocenters. The number of carboxylic acid groups (broad SMARTS) is 1. The van der Waals surface area contributed by atoms with Crippen LogP contribution in [0.3, 0.4) is 0 Å². The Bertz CT molecular complexity index is 171. The molecule has 1 aliphatic rings. The van der Waals surface area contributed by atoms with Gasteiger partial charge in [0.25, 0.3) is 0 Å². The number of aliphatic carboxylic acids is 1. The van der Waals surface area contributed by atoms with Crippen molar-refractivity contribution in [2.24, 2.45) is 5.92 Å². The second-order valence-corrected chi connectivity index (χ2v) is 4.79. The summed E-state index contributed by atoms with van der Waals surface area (Å²) in [6, 6.07) is 0. The molecule has 1 saturated carbocycles. The zero-order valence-electron chi connectivity index (χ0n) is 9.71. The van der Waals surface area contributed by atoms with Crippen LogP contribution in [-0.4, -0.2) is 29.9 Å². The Morgan fingerprint density at radius 2 is 1.06 bits per heavy atom. The van der Waals surface area contributed by atoms with Gasteiger partial charge in [0.1, 0.15) is 0 Å². The third-order valence-corrected chi connectivity index (χ3v) is 3.45. The van der Waals surface area contributed by atoms with E-state index in [1.54, 1.807) is 0 Å². The first kappa shape index (κ1) is 16.1. The van der Waals surface area contributed by atoms with Gasteiger partial charge < -0.3 is 5.11 Å². The van der Waals surface area contributed by atoms with Crippen LogP contribution in [-0.2, 0) is 4.79 Å². The van der Waals surface area contributed by atoms with Crippen LogP contribution in [0.15, 0.2) is 0 Å². The molecule has 0 spiro atoms. The molecule has 3 heteroatoms. The maximum atomic E-state index is 11.0. The van der Waals surface area contributed by atoms with E-state index in [1.807, 2.05) is 0 Å². The van der Waals surface area contributed by atoms with E-state index in [0.717, 1.165) is 25.7 Å². The zero-order chi connectivity index (χ0) is 10.9. The van der Waals surface area contributed by atoms with Gasteiger partial charge in [0, 0.05) is 0 Å². The number of carboxylic acids is 1. The summed E-state index contributed by atoms with van der Waals surface area (Å²) in [5, 5.41) is 9.04. The maximum absolute atomic E-state index is 11.0. The number of rotatable bonds is 1. The quantitative estimate of drug-likeness (QED) is 0.688. The Labute approximate surface area is 111 Å². The Morgan fingerprint density at radius 3 is 1.38 bits per heavy atom. The minimum atomic E-state index is -0.577. The molecule has 0 bridgehead atoms. The van der Waals surface area contributed by atoms with Gasteiger partial charge in [-0.2, -0.15) is 0 Å². The molecule has 0 radical (unpaired) electrons. The predicted molar refractivity (Wildman–Crippen MR) is 69.1 cm³/mol. The van der Waals surface area contributed by atoms with E-state index in [-0.39, 0.29) is 24.8 Å². The molecular weight excluding hydrogens is 195 g/mol. The molecule has 1 fully saturated rings. The zero-order valence-corrected chi connectivity index (χ0v) is 9.71. The molecule has 0 aromatic heterocycles. The molecule has 1 aliphatic carbocycles. The van der Waals surface area contributed by atoms with Crippen LogP contribution >= 0.6 is 0 Å². The third kappa shape index (κ3) is 7.36. The van der Waals surface area contributed by atoms with Gasteiger partial charge in [-0.05, 0) is 12.8 Å². The van der Waals surface area contributed by atoms with Gasteiger partial charge in [-0.15, -0.1) is 0 Å². The van der Waals surface area contributed by atoms with Crippen LogP contribution in [0, 0.1) is 5.92 Å². The fourth-order valence-corrected chi connectivity index (χ4v) is 2.41. The molecule has 0 unspecified atom stereocenters. The van der Waals surface area contributed by atoms with E-state index in [2.05, 4.69) is 0 Å². The monoisotopic (exact) mass is 220 g/mol. The number of carbonyl (C=O) groups is 1. The van der Waals surface area contributed by atoms with Gasteiger partial charge in [0.2, 0.25) is 0 Å². The summed E-state index contributed by atoms with van der Waals surface area (Å²) < 4.78 is 0. The molecule has 1 N–H and O–H groups in total. The van der Waals surface area contributed by atoms with E-state index in [1.165, 1.54) is 44.9 Å². The van der Waals surface area contributed by atoms with E-state index in [0.29, 0.717) is 0 Å². The second kappa shape index (κ2) is 10.2. The summed E-state index contributed by atoms with van der Waals surface area (Å²) in [6.45, 7) is 0. The summed E-state index contributed by atoms with van der Waals surface area (Å²) in [5.74, 6) is -0.642. The average molecular weight is 220 g/mol. The van der Waals surface area contributed by atoms with Gasteiger partial charge in [0.15, 0.2) is 0 Å². The first-order valence-electron chi connectivity index (χ1n) is 6.53. The SMILES string of the molecule is O=C(O)C1CCCCCCCCCCC1.[LiH]. The summed E-state index contributed by atoms with van der Waals surface area (Å²) in [7, 11) is 0. The minimum absolute atomic E-state index is 0. The Hall–Kier alpha value is 0.0674. The van der Waals surface area contributed by atoms with Gasteiger partial charge in [-0.1, -0.05) is 57.8 Å². The Kier molecular flexibility index (Phi) is 10.3. The van der Waals surface area contributed by atoms with Crippen molar-refractivity contribution in [3.05, 3.63) is 0 Å². The van der Waals surface area contributed by atoms with Crippen LogP contribution in [0.5, 0.6) is 0 Å². The summed E-state index contributed by atoms with van der Waals surface area (Å²) in [4.78, 5) is 11.0. The standard InChI is InChI=1S/C13H24O2.Li.H/c14-13(15)12-10-8-6-4-2-1-3-5-7-9-11-12;;/h12H,1-11H2,(H,14,15);;. The number of hydrogen-bond acceptors (Lipinski definition) is 1. The van der Waals surface area contributed by atoms with E-state index < -0.39 is 5.97 Å². The molecule has 16 heavy (non-hydrogen) atoms. The van der Waals surface area contributed by atoms with Crippen LogP contribution in [0.2, 0.25) is 0 Å². The molecule has 0 saturated heterocycles. The molecule has 1 rings (SSSR count). The van der Waals surface area contributed by atoms with Gasteiger partial charge >= 0.3 is 24.8 Å². The fraction of sp³-hybridized carbons (Fsp3) is 0.923.